The van der Waals surface area contributed by atoms with Gasteiger partial charge < -0.3 is 19.5 Å². The van der Waals surface area contributed by atoms with Crippen LogP contribution in [-0.4, -0.2) is 35.2 Å². The lowest BCUT2D eigenvalue weighted by Gasteiger charge is -2.13. The molecule has 9 nitrogen and oxygen atoms in total. The zero-order chi connectivity index (χ0) is 21.8. The van der Waals surface area contributed by atoms with Gasteiger partial charge in [-0.3, -0.25) is 5.32 Å². The molecule has 0 aliphatic carbocycles. The number of fused-ring (bicyclic) bond motifs is 1. The second kappa shape index (κ2) is 9.02. The first-order valence-electron chi connectivity index (χ1n) is 8.89. The SMILES string of the molecule is COc1cc2ncnc(Oc3ccc(NC(=O)Nc4nccs4)cc3Cl)c2cc1OC. The molecule has 0 aliphatic rings. The third-order valence-electron chi connectivity index (χ3n) is 4.15. The Balaban J connectivity index is 1.55. The first-order valence-corrected chi connectivity index (χ1v) is 10.1. The minimum atomic E-state index is -0.428. The summed E-state index contributed by atoms with van der Waals surface area (Å²) in [5.74, 6) is 1.73. The number of hydrogen-bond donors (Lipinski definition) is 2. The lowest BCUT2D eigenvalue weighted by Crippen LogP contribution is -2.19. The molecule has 0 unspecified atom stereocenters. The number of halogens is 1. The summed E-state index contributed by atoms with van der Waals surface area (Å²) in [6.07, 6.45) is 2.99. The van der Waals surface area contributed by atoms with Crippen LogP contribution in [0.4, 0.5) is 15.6 Å². The zero-order valence-electron chi connectivity index (χ0n) is 16.4. The Labute approximate surface area is 186 Å². The van der Waals surface area contributed by atoms with Gasteiger partial charge in [0.05, 0.1) is 30.1 Å². The van der Waals surface area contributed by atoms with E-state index < -0.39 is 6.03 Å². The standard InChI is InChI=1S/C20H16ClN5O4S/c1-28-16-8-12-14(9-17(16)29-2)23-10-24-18(12)30-15-4-3-11(7-13(15)21)25-19(27)26-20-22-5-6-31-20/h3-10H,1-2H3,(H2,22,25,26,27). The summed E-state index contributed by atoms with van der Waals surface area (Å²) in [5.41, 5.74) is 1.11. The van der Waals surface area contributed by atoms with Crippen molar-refractivity contribution in [3.63, 3.8) is 0 Å². The van der Waals surface area contributed by atoms with Crippen LogP contribution in [0, 0.1) is 0 Å². The van der Waals surface area contributed by atoms with Crippen LogP contribution in [0.15, 0.2) is 48.2 Å². The summed E-state index contributed by atoms with van der Waals surface area (Å²) < 4.78 is 16.6. The number of hydrogen-bond acceptors (Lipinski definition) is 8. The second-order valence-electron chi connectivity index (χ2n) is 6.07. The second-order valence-corrected chi connectivity index (χ2v) is 7.37. The van der Waals surface area contributed by atoms with E-state index in [4.69, 9.17) is 25.8 Å². The van der Waals surface area contributed by atoms with Crippen LogP contribution in [0.2, 0.25) is 5.02 Å². The van der Waals surface area contributed by atoms with Crippen LogP contribution in [0.1, 0.15) is 0 Å². The zero-order valence-corrected chi connectivity index (χ0v) is 18.0. The monoisotopic (exact) mass is 457 g/mol. The molecule has 2 heterocycles. The van der Waals surface area contributed by atoms with E-state index >= 15 is 0 Å². The quantitative estimate of drug-likeness (QED) is 0.410. The normalized spacial score (nSPS) is 10.5. The van der Waals surface area contributed by atoms with Crippen LogP contribution >= 0.6 is 22.9 Å². The van der Waals surface area contributed by atoms with Gasteiger partial charge in [-0.15, -0.1) is 11.3 Å². The topological polar surface area (TPSA) is 107 Å². The number of thiazole rings is 1. The number of carbonyl (C=O) groups excluding carboxylic acids is 1. The fourth-order valence-corrected chi connectivity index (χ4v) is 3.49. The van der Waals surface area contributed by atoms with Gasteiger partial charge in [-0.2, -0.15) is 0 Å². The third-order valence-corrected chi connectivity index (χ3v) is 5.14. The average molecular weight is 458 g/mol. The fourth-order valence-electron chi connectivity index (χ4n) is 2.75. The molecule has 0 bridgehead atoms. The summed E-state index contributed by atoms with van der Waals surface area (Å²) in [5, 5.41) is 8.49. The van der Waals surface area contributed by atoms with Crippen molar-refractivity contribution >= 4 is 50.7 Å². The molecule has 0 saturated heterocycles. The number of methoxy groups -OCH3 is 2. The number of benzene rings is 2. The van der Waals surface area contributed by atoms with Crippen molar-refractivity contribution in [2.75, 3.05) is 24.9 Å². The molecule has 4 aromatic rings. The van der Waals surface area contributed by atoms with E-state index in [2.05, 4.69) is 25.6 Å². The lowest BCUT2D eigenvalue weighted by molar-refractivity contribution is 0.262. The van der Waals surface area contributed by atoms with E-state index in [0.717, 1.165) is 0 Å². The Bertz CT molecular complexity index is 1240. The molecule has 31 heavy (non-hydrogen) atoms. The van der Waals surface area contributed by atoms with Gasteiger partial charge in [0.1, 0.15) is 12.1 Å². The Morgan fingerprint density at radius 2 is 1.81 bits per heavy atom. The molecule has 0 atom stereocenters. The van der Waals surface area contributed by atoms with Gasteiger partial charge in [0.25, 0.3) is 0 Å². The number of carbonyl (C=O) groups is 1. The van der Waals surface area contributed by atoms with Crippen molar-refractivity contribution in [2.24, 2.45) is 0 Å². The maximum atomic E-state index is 12.1. The van der Waals surface area contributed by atoms with Crippen LogP contribution in [0.5, 0.6) is 23.1 Å². The summed E-state index contributed by atoms with van der Waals surface area (Å²) in [6.45, 7) is 0. The first-order chi connectivity index (χ1) is 15.1. The van der Waals surface area contributed by atoms with Crippen molar-refractivity contribution in [3.05, 3.63) is 53.3 Å². The van der Waals surface area contributed by atoms with Crippen LogP contribution in [-0.2, 0) is 0 Å². The van der Waals surface area contributed by atoms with Crippen LogP contribution in [0.25, 0.3) is 10.9 Å². The number of anilines is 2. The highest BCUT2D eigenvalue weighted by molar-refractivity contribution is 7.13. The summed E-state index contributed by atoms with van der Waals surface area (Å²) in [7, 11) is 3.09. The Hall–Kier alpha value is -3.63. The van der Waals surface area contributed by atoms with Crippen molar-refractivity contribution in [1.29, 1.82) is 0 Å². The highest BCUT2D eigenvalue weighted by atomic mass is 35.5. The lowest BCUT2D eigenvalue weighted by atomic mass is 10.2. The van der Waals surface area contributed by atoms with Crippen molar-refractivity contribution in [3.8, 4) is 23.1 Å². The fraction of sp³-hybridized carbons (Fsp3) is 0.100. The minimum absolute atomic E-state index is 0.291. The van der Waals surface area contributed by atoms with E-state index in [1.807, 2.05) is 0 Å². The molecule has 2 amide bonds. The van der Waals surface area contributed by atoms with E-state index in [9.17, 15) is 4.79 Å². The molecule has 158 valence electrons. The smallest absolute Gasteiger partial charge is 0.325 e. The molecular formula is C20H16ClN5O4S. The molecular weight excluding hydrogens is 442 g/mol. The molecule has 0 spiro atoms. The maximum absolute atomic E-state index is 12.1. The molecule has 0 fully saturated rings. The first kappa shape index (κ1) is 20.6. The Morgan fingerprint density at radius 1 is 1.00 bits per heavy atom. The Kier molecular flexibility index (Phi) is 6.01. The van der Waals surface area contributed by atoms with Crippen molar-refractivity contribution < 1.29 is 19.0 Å². The van der Waals surface area contributed by atoms with E-state index in [1.54, 1.807) is 56.1 Å². The molecule has 0 saturated carbocycles. The number of urea groups is 1. The predicted octanol–water partition coefficient (Wildman–Crippen LogP) is 5.19. The van der Waals surface area contributed by atoms with Crippen LogP contribution < -0.4 is 24.8 Å². The largest absolute Gasteiger partial charge is 0.493 e. The average Bonchev–Trinajstić information content (AvgIpc) is 3.27. The van der Waals surface area contributed by atoms with Gasteiger partial charge >= 0.3 is 6.03 Å². The molecule has 0 radical (unpaired) electrons. The summed E-state index contributed by atoms with van der Waals surface area (Å²) in [4.78, 5) is 24.5. The van der Waals surface area contributed by atoms with Gasteiger partial charge in [0.15, 0.2) is 16.6 Å². The highest BCUT2D eigenvalue weighted by Gasteiger charge is 2.14. The number of ether oxygens (including phenoxy) is 3. The maximum Gasteiger partial charge on any atom is 0.325 e. The van der Waals surface area contributed by atoms with E-state index in [0.29, 0.717) is 49.9 Å². The molecule has 11 heteroatoms. The summed E-state index contributed by atoms with van der Waals surface area (Å²) in [6, 6.07) is 7.91. The van der Waals surface area contributed by atoms with E-state index in [-0.39, 0.29) is 0 Å². The summed E-state index contributed by atoms with van der Waals surface area (Å²) >= 11 is 7.68. The van der Waals surface area contributed by atoms with Crippen LogP contribution in [0.3, 0.4) is 0 Å². The third kappa shape index (κ3) is 4.60. The number of nitrogens with one attached hydrogen (secondary N) is 2. The van der Waals surface area contributed by atoms with Crippen molar-refractivity contribution in [2.45, 2.75) is 0 Å². The van der Waals surface area contributed by atoms with Gasteiger partial charge in [0, 0.05) is 23.3 Å². The molecule has 0 aliphatic heterocycles. The minimum Gasteiger partial charge on any atom is -0.493 e. The van der Waals surface area contributed by atoms with Gasteiger partial charge in [-0.25, -0.2) is 19.7 Å². The van der Waals surface area contributed by atoms with E-state index in [1.165, 1.54) is 17.7 Å². The number of aromatic nitrogens is 3. The molecule has 4 rings (SSSR count). The molecule has 2 aromatic heterocycles. The van der Waals surface area contributed by atoms with Gasteiger partial charge in [0.2, 0.25) is 5.88 Å². The Morgan fingerprint density at radius 3 is 2.52 bits per heavy atom. The molecule has 2 aromatic carbocycles. The number of rotatable bonds is 6. The number of amides is 2. The number of nitrogens with zero attached hydrogens (tertiary/aromatic N) is 3. The molecule has 2 N–H and O–H groups in total. The van der Waals surface area contributed by atoms with Gasteiger partial charge in [-0.05, 0) is 24.3 Å². The van der Waals surface area contributed by atoms with Crippen molar-refractivity contribution in [1.82, 2.24) is 15.0 Å². The van der Waals surface area contributed by atoms with Gasteiger partial charge in [-0.1, -0.05) is 11.6 Å². The predicted molar refractivity (Wildman–Crippen MR) is 119 cm³/mol. The highest BCUT2D eigenvalue weighted by Crippen LogP contribution is 2.37.